The molecule has 0 atom stereocenters. The third-order valence-electron chi connectivity index (χ3n) is 2.65. The summed E-state index contributed by atoms with van der Waals surface area (Å²) in [6.07, 6.45) is 0. The molecule has 8 heteroatoms. The molecule has 1 rings (SSSR count). The lowest BCUT2D eigenvalue weighted by Crippen LogP contribution is -2.33. The minimum Gasteiger partial charge on any atom is -0.467 e. The van der Waals surface area contributed by atoms with Crippen molar-refractivity contribution in [2.24, 2.45) is 0 Å². The van der Waals surface area contributed by atoms with Gasteiger partial charge in [-0.3, -0.25) is 19.4 Å². The summed E-state index contributed by atoms with van der Waals surface area (Å²) in [5.41, 5.74) is 0. The summed E-state index contributed by atoms with van der Waals surface area (Å²) in [6, 6.07) is 0.0596. The first-order valence-corrected chi connectivity index (χ1v) is 6.30. The summed E-state index contributed by atoms with van der Waals surface area (Å²) in [4.78, 5) is 38.1. The fourth-order valence-electron chi connectivity index (χ4n) is 1.68. The van der Waals surface area contributed by atoms with E-state index in [0.29, 0.717) is 13.1 Å². The molecule has 0 N–H and O–H groups in total. The molecule has 0 aliphatic rings. The summed E-state index contributed by atoms with van der Waals surface area (Å²) in [5, 5.41) is 0. The maximum atomic E-state index is 11.6. The van der Waals surface area contributed by atoms with Gasteiger partial charge in [-0.15, -0.1) is 0 Å². The van der Waals surface area contributed by atoms with Crippen molar-refractivity contribution in [2.45, 2.75) is 27.7 Å². The molecule has 0 aromatic carbocycles. The highest BCUT2D eigenvalue weighted by Crippen LogP contribution is 2.18. The van der Waals surface area contributed by atoms with Gasteiger partial charge in [-0.1, -0.05) is 0 Å². The molecule has 8 nitrogen and oxygen atoms in total. The Labute approximate surface area is 117 Å². The molecule has 0 fully saturated rings. The van der Waals surface area contributed by atoms with Crippen molar-refractivity contribution in [3.8, 4) is 6.01 Å². The van der Waals surface area contributed by atoms with Crippen LogP contribution in [0.1, 0.15) is 27.7 Å². The monoisotopic (exact) mass is 281 g/mol. The van der Waals surface area contributed by atoms with Crippen molar-refractivity contribution in [2.75, 3.05) is 30.0 Å². The van der Waals surface area contributed by atoms with E-state index in [1.54, 1.807) is 13.8 Å². The van der Waals surface area contributed by atoms with Crippen LogP contribution in [0.15, 0.2) is 0 Å². The van der Waals surface area contributed by atoms with Crippen LogP contribution in [-0.4, -0.2) is 47.0 Å². The van der Waals surface area contributed by atoms with Gasteiger partial charge < -0.3 is 4.74 Å². The zero-order valence-electron chi connectivity index (χ0n) is 12.4. The fraction of sp³-hybridized carbons (Fsp3) is 0.583. The molecule has 0 saturated carbocycles. The van der Waals surface area contributed by atoms with Gasteiger partial charge in [0.25, 0.3) is 0 Å². The van der Waals surface area contributed by atoms with E-state index in [0.717, 1.165) is 0 Å². The quantitative estimate of drug-likeness (QED) is 0.786. The van der Waals surface area contributed by atoms with Gasteiger partial charge in [0.15, 0.2) is 0 Å². The highest BCUT2D eigenvalue weighted by molar-refractivity contribution is 5.91. The predicted molar refractivity (Wildman–Crippen MR) is 73.8 cm³/mol. The number of carbonyl (C=O) groups is 2. The van der Waals surface area contributed by atoms with Crippen LogP contribution in [-0.2, 0) is 9.59 Å². The SMILES string of the molecule is CCN(C(C)=O)c1nc(OC)nc(N(CC)C(C)=O)n1. The first-order chi connectivity index (χ1) is 9.44. The summed E-state index contributed by atoms with van der Waals surface area (Å²) < 4.78 is 5.01. The maximum Gasteiger partial charge on any atom is 0.322 e. The second kappa shape index (κ2) is 6.78. The number of ether oxygens (including phenoxy) is 1. The van der Waals surface area contributed by atoms with E-state index in [2.05, 4.69) is 15.0 Å². The molecule has 0 unspecified atom stereocenters. The number of carbonyl (C=O) groups excluding carboxylic acids is 2. The largest absolute Gasteiger partial charge is 0.467 e. The first-order valence-electron chi connectivity index (χ1n) is 6.30. The fourth-order valence-corrected chi connectivity index (χ4v) is 1.68. The molecular formula is C12H19N5O3. The molecule has 0 bridgehead atoms. The number of hydrogen-bond acceptors (Lipinski definition) is 6. The van der Waals surface area contributed by atoms with Crippen LogP contribution in [0, 0.1) is 0 Å². The topological polar surface area (TPSA) is 88.5 Å². The summed E-state index contributed by atoms with van der Waals surface area (Å²) in [7, 11) is 1.41. The number of amides is 2. The standard InChI is InChI=1S/C12H19N5O3/c1-6-16(8(3)18)10-13-11(15-12(14-10)20-5)17(7-2)9(4)19/h6-7H2,1-5H3. The molecule has 110 valence electrons. The molecule has 1 aromatic heterocycles. The van der Waals surface area contributed by atoms with E-state index < -0.39 is 0 Å². The summed E-state index contributed by atoms with van der Waals surface area (Å²) >= 11 is 0. The van der Waals surface area contributed by atoms with Gasteiger partial charge in [0, 0.05) is 26.9 Å². The lowest BCUT2D eigenvalue weighted by Gasteiger charge is -2.21. The number of hydrogen-bond donors (Lipinski definition) is 0. The third kappa shape index (κ3) is 3.40. The highest BCUT2D eigenvalue weighted by atomic mass is 16.5. The Morgan fingerprint density at radius 2 is 1.35 bits per heavy atom. The van der Waals surface area contributed by atoms with E-state index in [-0.39, 0.29) is 29.7 Å². The second-order valence-electron chi connectivity index (χ2n) is 3.95. The lowest BCUT2D eigenvalue weighted by atomic mass is 10.5. The van der Waals surface area contributed by atoms with E-state index in [9.17, 15) is 9.59 Å². The normalized spacial score (nSPS) is 10.1. The van der Waals surface area contributed by atoms with Gasteiger partial charge >= 0.3 is 6.01 Å². The van der Waals surface area contributed by atoms with Crippen molar-refractivity contribution in [1.29, 1.82) is 0 Å². The Balaban J connectivity index is 3.33. The smallest absolute Gasteiger partial charge is 0.322 e. The Morgan fingerprint density at radius 3 is 1.60 bits per heavy atom. The van der Waals surface area contributed by atoms with Gasteiger partial charge in [-0.2, -0.15) is 15.0 Å². The van der Waals surface area contributed by atoms with Crippen LogP contribution >= 0.6 is 0 Å². The van der Waals surface area contributed by atoms with Crippen LogP contribution in [0.5, 0.6) is 6.01 Å². The molecule has 0 aliphatic carbocycles. The molecular weight excluding hydrogens is 262 g/mol. The Kier molecular flexibility index (Phi) is 5.36. The average molecular weight is 281 g/mol. The molecule has 20 heavy (non-hydrogen) atoms. The molecule has 2 amide bonds. The predicted octanol–water partition coefficient (Wildman–Crippen LogP) is 0.626. The van der Waals surface area contributed by atoms with Gasteiger partial charge in [0.2, 0.25) is 23.7 Å². The van der Waals surface area contributed by atoms with Crippen molar-refractivity contribution in [3.63, 3.8) is 0 Å². The van der Waals surface area contributed by atoms with Crippen LogP contribution < -0.4 is 14.5 Å². The van der Waals surface area contributed by atoms with Crippen molar-refractivity contribution >= 4 is 23.7 Å². The minimum absolute atomic E-state index is 0.0596. The van der Waals surface area contributed by atoms with E-state index in [4.69, 9.17) is 4.74 Å². The molecule has 0 saturated heterocycles. The number of methoxy groups -OCH3 is 1. The third-order valence-corrected chi connectivity index (χ3v) is 2.65. The zero-order valence-corrected chi connectivity index (χ0v) is 12.4. The number of rotatable bonds is 5. The van der Waals surface area contributed by atoms with E-state index in [1.807, 2.05) is 0 Å². The van der Waals surface area contributed by atoms with Crippen molar-refractivity contribution < 1.29 is 14.3 Å². The Morgan fingerprint density at radius 1 is 0.950 bits per heavy atom. The van der Waals surface area contributed by atoms with E-state index in [1.165, 1.54) is 30.8 Å². The van der Waals surface area contributed by atoms with Gasteiger partial charge in [-0.25, -0.2) is 0 Å². The molecule has 0 spiro atoms. The average Bonchev–Trinajstić information content (AvgIpc) is 2.39. The van der Waals surface area contributed by atoms with Crippen LogP contribution in [0.3, 0.4) is 0 Å². The second-order valence-corrected chi connectivity index (χ2v) is 3.95. The van der Waals surface area contributed by atoms with Crippen molar-refractivity contribution in [1.82, 2.24) is 15.0 Å². The lowest BCUT2D eigenvalue weighted by molar-refractivity contribution is -0.117. The Hall–Kier alpha value is -2.25. The van der Waals surface area contributed by atoms with Gasteiger partial charge in [0.1, 0.15) is 0 Å². The van der Waals surface area contributed by atoms with Gasteiger partial charge in [-0.05, 0) is 13.8 Å². The summed E-state index contributed by atoms with van der Waals surface area (Å²) in [5.74, 6) is -0.0572. The number of nitrogens with zero attached hydrogens (tertiary/aromatic N) is 5. The molecule has 1 heterocycles. The first kappa shape index (κ1) is 15.8. The van der Waals surface area contributed by atoms with Crippen LogP contribution in [0.2, 0.25) is 0 Å². The van der Waals surface area contributed by atoms with Crippen LogP contribution in [0.4, 0.5) is 11.9 Å². The maximum absolute atomic E-state index is 11.6. The minimum atomic E-state index is -0.197. The number of aromatic nitrogens is 3. The Bertz CT molecular complexity index is 466. The molecule has 0 aliphatic heterocycles. The molecule has 0 radical (unpaired) electrons. The van der Waals surface area contributed by atoms with Crippen LogP contribution in [0.25, 0.3) is 0 Å². The highest BCUT2D eigenvalue weighted by Gasteiger charge is 2.20. The zero-order chi connectivity index (χ0) is 15.3. The van der Waals surface area contributed by atoms with E-state index >= 15 is 0 Å². The molecule has 1 aromatic rings. The van der Waals surface area contributed by atoms with Gasteiger partial charge in [0.05, 0.1) is 7.11 Å². The summed E-state index contributed by atoms with van der Waals surface area (Å²) in [6.45, 7) is 7.27. The number of anilines is 2. The van der Waals surface area contributed by atoms with Crippen molar-refractivity contribution in [3.05, 3.63) is 0 Å².